The van der Waals surface area contributed by atoms with E-state index in [1.807, 2.05) is 7.05 Å². The van der Waals surface area contributed by atoms with Crippen LogP contribution in [0.1, 0.15) is 43.5 Å². The zero-order chi connectivity index (χ0) is 14.3. The van der Waals surface area contributed by atoms with E-state index in [9.17, 15) is 0 Å². The van der Waals surface area contributed by atoms with Crippen LogP contribution in [-0.4, -0.2) is 36.8 Å². The first-order chi connectivity index (χ1) is 9.15. The number of likely N-dealkylation sites (N-methyl/N-ethyl adjacent to an activating group) is 1. The Morgan fingerprint density at radius 1 is 1.16 bits per heavy atom. The van der Waals surface area contributed by atoms with Gasteiger partial charge in [0, 0.05) is 24.9 Å². The molecule has 1 aromatic rings. The fraction of sp³-hybridized carbons (Fsp3) is 0.733. The van der Waals surface area contributed by atoms with Crippen molar-refractivity contribution < 1.29 is 4.74 Å². The zero-order valence-electron chi connectivity index (χ0n) is 12.9. The van der Waals surface area contributed by atoms with Gasteiger partial charge in [0.05, 0.1) is 6.10 Å². The van der Waals surface area contributed by atoms with Gasteiger partial charge in [-0.3, -0.25) is 0 Å². The fourth-order valence-electron chi connectivity index (χ4n) is 2.19. The molecule has 4 nitrogen and oxygen atoms in total. The summed E-state index contributed by atoms with van der Waals surface area (Å²) in [5.41, 5.74) is 3.72. The first-order valence-corrected chi connectivity index (χ1v) is 7.21. The number of ether oxygens (including phenoxy) is 1. The molecular formula is C15H27N3O. The molecule has 0 fully saturated rings. The lowest BCUT2D eigenvalue weighted by molar-refractivity contribution is 0.117. The first-order valence-electron chi connectivity index (χ1n) is 7.21. The van der Waals surface area contributed by atoms with Crippen molar-refractivity contribution >= 4 is 0 Å². The summed E-state index contributed by atoms with van der Waals surface area (Å²) < 4.78 is 5.31. The van der Waals surface area contributed by atoms with Crippen molar-refractivity contribution in [3.05, 3.63) is 22.8 Å². The predicted octanol–water partition coefficient (Wildman–Crippen LogP) is 1.94. The highest BCUT2D eigenvalue weighted by molar-refractivity contribution is 5.27. The van der Waals surface area contributed by atoms with Gasteiger partial charge in [-0.15, -0.1) is 0 Å². The molecular weight excluding hydrogens is 238 g/mol. The maximum atomic E-state index is 5.31. The van der Waals surface area contributed by atoms with E-state index in [0.717, 1.165) is 38.1 Å². The second kappa shape index (κ2) is 8.23. The summed E-state index contributed by atoms with van der Waals surface area (Å²) in [6, 6.07) is 0. The molecule has 1 aromatic heterocycles. The van der Waals surface area contributed by atoms with Gasteiger partial charge in [-0.05, 0) is 45.3 Å². The first kappa shape index (κ1) is 16.1. The van der Waals surface area contributed by atoms with Crippen molar-refractivity contribution in [1.29, 1.82) is 0 Å². The van der Waals surface area contributed by atoms with E-state index in [2.05, 4.69) is 26.1 Å². The zero-order valence-corrected chi connectivity index (χ0v) is 12.9. The Bertz CT molecular complexity index is 368. The summed E-state index contributed by atoms with van der Waals surface area (Å²) in [5.74, 6) is 0.913. The number of aromatic nitrogens is 2. The molecule has 0 aromatic carbocycles. The topological polar surface area (TPSA) is 47.0 Å². The van der Waals surface area contributed by atoms with Crippen molar-refractivity contribution in [2.24, 2.45) is 0 Å². The van der Waals surface area contributed by atoms with E-state index in [1.165, 1.54) is 17.0 Å². The Hall–Kier alpha value is -1.00. The summed E-state index contributed by atoms with van der Waals surface area (Å²) in [4.78, 5) is 9.44. The highest BCUT2D eigenvalue weighted by atomic mass is 16.5. The van der Waals surface area contributed by atoms with Crippen LogP contribution >= 0.6 is 0 Å². The number of hydrogen-bond acceptors (Lipinski definition) is 4. The van der Waals surface area contributed by atoms with E-state index in [1.54, 1.807) is 7.11 Å². The van der Waals surface area contributed by atoms with Crippen LogP contribution in [0.15, 0.2) is 0 Å². The Morgan fingerprint density at radius 2 is 1.74 bits per heavy atom. The summed E-state index contributed by atoms with van der Waals surface area (Å²) in [5, 5.41) is 3.20. The Labute approximate surface area is 117 Å². The number of methoxy groups -OCH3 is 1. The maximum absolute atomic E-state index is 5.31. The number of nitrogens with zero attached hydrogens (tertiary/aromatic N) is 2. The van der Waals surface area contributed by atoms with Gasteiger partial charge in [-0.25, -0.2) is 9.97 Å². The van der Waals surface area contributed by atoms with Crippen molar-refractivity contribution in [2.45, 2.75) is 52.6 Å². The summed E-state index contributed by atoms with van der Waals surface area (Å²) in [6.45, 7) is 7.34. The minimum absolute atomic E-state index is 0.164. The SMILES string of the molecule is CCc1nc(CC(C)OC)nc(CC)c1CCNC. The van der Waals surface area contributed by atoms with Gasteiger partial charge >= 0.3 is 0 Å². The molecule has 0 aliphatic rings. The molecule has 1 unspecified atom stereocenters. The lowest BCUT2D eigenvalue weighted by Crippen LogP contribution is -2.18. The number of hydrogen-bond donors (Lipinski definition) is 1. The molecule has 1 atom stereocenters. The largest absolute Gasteiger partial charge is 0.381 e. The number of nitrogens with one attached hydrogen (secondary N) is 1. The van der Waals surface area contributed by atoms with Crippen molar-refractivity contribution in [2.75, 3.05) is 20.7 Å². The highest BCUT2D eigenvalue weighted by Crippen LogP contribution is 2.15. The van der Waals surface area contributed by atoms with Crippen LogP contribution in [-0.2, 0) is 30.4 Å². The van der Waals surface area contributed by atoms with Gasteiger partial charge in [0.15, 0.2) is 0 Å². The summed E-state index contributed by atoms with van der Waals surface area (Å²) >= 11 is 0. The van der Waals surface area contributed by atoms with E-state index in [-0.39, 0.29) is 6.10 Å². The number of rotatable bonds is 8. The second-order valence-electron chi connectivity index (χ2n) is 4.82. The average Bonchev–Trinajstić information content (AvgIpc) is 2.44. The van der Waals surface area contributed by atoms with E-state index in [0.29, 0.717) is 0 Å². The van der Waals surface area contributed by atoms with Crippen LogP contribution in [0.4, 0.5) is 0 Å². The molecule has 0 bridgehead atoms. The number of aryl methyl sites for hydroxylation is 2. The van der Waals surface area contributed by atoms with Crippen LogP contribution in [0.5, 0.6) is 0 Å². The Kier molecular flexibility index (Phi) is 6.95. The summed E-state index contributed by atoms with van der Waals surface area (Å²) in [6.07, 6.45) is 3.87. The third kappa shape index (κ3) is 4.55. The van der Waals surface area contributed by atoms with Gasteiger partial charge in [0.1, 0.15) is 5.82 Å². The normalized spacial score (nSPS) is 12.7. The Morgan fingerprint density at radius 3 is 2.16 bits per heavy atom. The molecule has 0 aliphatic heterocycles. The lowest BCUT2D eigenvalue weighted by Gasteiger charge is -2.15. The molecule has 19 heavy (non-hydrogen) atoms. The second-order valence-corrected chi connectivity index (χ2v) is 4.82. The van der Waals surface area contributed by atoms with Crippen LogP contribution in [0, 0.1) is 0 Å². The maximum Gasteiger partial charge on any atom is 0.131 e. The molecule has 1 N–H and O–H groups in total. The third-order valence-electron chi connectivity index (χ3n) is 3.39. The molecule has 0 aliphatic carbocycles. The van der Waals surface area contributed by atoms with Gasteiger partial charge in [-0.1, -0.05) is 13.8 Å². The van der Waals surface area contributed by atoms with Crippen LogP contribution in [0.3, 0.4) is 0 Å². The van der Waals surface area contributed by atoms with Crippen molar-refractivity contribution in [3.8, 4) is 0 Å². The monoisotopic (exact) mass is 265 g/mol. The van der Waals surface area contributed by atoms with Gasteiger partial charge < -0.3 is 10.1 Å². The van der Waals surface area contributed by atoms with Gasteiger partial charge in [0.25, 0.3) is 0 Å². The van der Waals surface area contributed by atoms with Gasteiger partial charge in [-0.2, -0.15) is 0 Å². The molecule has 0 radical (unpaired) electrons. The third-order valence-corrected chi connectivity index (χ3v) is 3.39. The van der Waals surface area contributed by atoms with Crippen LogP contribution in [0.2, 0.25) is 0 Å². The average molecular weight is 265 g/mol. The highest BCUT2D eigenvalue weighted by Gasteiger charge is 2.13. The molecule has 108 valence electrons. The molecule has 1 heterocycles. The minimum Gasteiger partial charge on any atom is -0.381 e. The minimum atomic E-state index is 0.164. The van der Waals surface area contributed by atoms with Crippen LogP contribution < -0.4 is 5.32 Å². The summed E-state index contributed by atoms with van der Waals surface area (Å²) in [7, 11) is 3.71. The van der Waals surface area contributed by atoms with Crippen molar-refractivity contribution in [3.63, 3.8) is 0 Å². The smallest absolute Gasteiger partial charge is 0.131 e. The van der Waals surface area contributed by atoms with E-state index >= 15 is 0 Å². The fourth-order valence-corrected chi connectivity index (χ4v) is 2.19. The molecule has 4 heteroatoms. The lowest BCUT2D eigenvalue weighted by atomic mass is 10.0. The molecule has 0 amide bonds. The standard InChI is InChI=1S/C15H27N3O/c1-6-13-12(8-9-16-4)14(7-2)18-15(17-13)10-11(3)19-5/h11,16H,6-10H2,1-5H3. The van der Waals surface area contributed by atoms with Gasteiger partial charge in [0.2, 0.25) is 0 Å². The Balaban J connectivity index is 3.04. The van der Waals surface area contributed by atoms with E-state index < -0.39 is 0 Å². The molecule has 1 rings (SSSR count). The van der Waals surface area contributed by atoms with E-state index in [4.69, 9.17) is 14.7 Å². The molecule has 0 saturated carbocycles. The van der Waals surface area contributed by atoms with Crippen LogP contribution in [0.25, 0.3) is 0 Å². The quantitative estimate of drug-likeness (QED) is 0.780. The predicted molar refractivity (Wildman–Crippen MR) is 78.6 cm³/mol. The molecule has 0 saturated heterocycles. The molecule has 0 spiro atoms. The van der Waals surface area contributed by atoms with Crippen molar-refractivity contribution in [1.82, 2.24) is 15.3 Å².